The number of benzene rings is 4. The van der Waals surface area contributed by atoms with Crippen LogP contribution in [0.2, 0.25) is 0 Å². The van der Waals surface area contributed by atoms with E-state index in [4.69, 9.17) is 4.42 Å². The quantitative estimate of drug-likeness (QED) is 0.166. The van der Waals surface area contributed by atoms with Gasteiger partial charge in [0.1, 0.15) is 5.58 Å². The summed E-state index contributed by atoms with van der Waals surface area (Å²) in [6, 6.07) is 39.6. The van der Waals surface area contributed by atoms with Crippen molar-refractivity contribution in [1.82, 2.24) is 15.0 Å². The summed E-state index contributed by atoms with van der Waals surface area (Å²) in [4.78, 5) is 13.4. The van der Waals surface area contributed by atoms with Gasteiger partial charge in [0.15, 0.2) is 0 Å². The average Bonchev–Trinajstić information content (AvgIpc) is 3.50. The molecule has 1 radical (unpaired) electrons. The predicted octanol–water partition coefficient (Wildman–Crippen LogP) is 11.4. The van der Waals surface area contributed by atoms with Gasteiger partial charge in [0.05, 0.1) is 5.58 Å². The fourth-order valence-corrected chi connectivity index (χ4v) is 6.23. The summed E-state index contributed by atoms with van der Waals surface area (Å²) >= 11 is 0. The van der Waals surface area contributed by atoms with Crippen LogP contribution in [0.5, 0.6) is 0 Å². The SMILES string of the molecule is Cc1c[c-]c(-c2ccc(CC(C)(C)C)cn2)cc1.Cc1ccc(-c2cccc3ccncc23)c2oc3c(-c4ccccn4)[c-]ccc3c12.[Ir]. The van der Waals surface area contributed by atoms with E-state index in [1.54, 1.807) is 6.20 Å². The molecule has 5 heteroatoms. The minimum absolute atomic E-state index is 0. The van der Waals surface area contributed by atoms with Gasteiger partial charge in [0.25, 0.3) is 0 Å². The van der Waals surface area contributed by atoms with Gasteiger partial charge in [-0.2, -0.15) is 0 Å². The Kier molecular flexibility index (Phi) is 9.87. The van der Waals surface area contributed by atoms with Crippen molar-refractivity contribution in [2.45, 2.75) is 41.0 Å². The Balaban J connectivity index is 0.000000189. The number of furan rings is 1. The summed E-state index contributed by atoms with van der Waals surface area (Å²) in [6.45, 7) is 10.9. The van der Waals surface area contributed by atoms with Crippen LogP contribution in [0.15, 0.2) is 126 Å². The van der Waals surface area contributed by atoms with Gasteiger partial charge in [0.2, 0.25) is 0 Å². The number of hydrogen-bond donors (Lipinski definition) is 0. The van der Waals surface area contributed by atoms with E-state index in [0.29, 0.717) is 5.41 Å². The van der Waals surface area contributed by atoms with Crippen LogP contribution in [0.1, 0.15) is 37.5 Å². The van der Waals surface area contributed by atoms with Gasteiger partial charge in [-0.25, -0.2) is 0 Å². The normalized spacial score (nSPS) is 11.3. The second-order valence-electron chi connectivity index (χ2n) is 13.5. The Labute approximate surface area is 301 Å². The van der Waals surface area contributed by atoms with Crippen molar-refractivity contribution in [1.29, 1.82) is 0 Å². The summed E-state index contributed by atoms with van der Waals surface area (Å²) in [5.41, 5.74) is 11.7. The maximum absolute atomic E-state index is 6.56. The predicted molar refractivity (Wildman–Crippen MR) is 198 cm³/mol. The molecule has 4 aromatic carbocycles. The van der Waals surface area contributed by atoms with E-state index in [1.165, 1.54) is 16.7 Å². The third-order valence-corrected chi connectivity index (χ3v) is 8.49. The largest absolute Gasteiger partial charge is 0.500 e. The Hall–Kier alpha value is -4.96. The second-order valence-corrected chi connectivity index (χ2v) is 13.5. The zero-order valence-electron chi connectivity index (χ0n) is 28.3. The number of rotatable bonds is 4. The van der Waals surface area contributed by atoms with Gasteiger partial charge < -0.3 is 14.4 Å². The van der Waals surface area contributed by atoms with E-state index in [9.17, 15) is 0 Å². The topological polar surface area (TPSA) is 51.8 Å². The minimum Gasteiger partial charge on any atom is -0.500 e. The van der Waals surface area contributed by atoms with Crippen LogP contribution >= 0.6 is 0 Å². The molecule has 49 heavy (non-hydrogen) atoms. The molecule has 0 spiro atoms. The van der Waals surface area contributed by atoms with Crippen molar-refractivity contribution >= 4 is 32.7 Å². The number of pyridine rings is 3. The third-order valence-electron chi connectivity index (χ3n) is 8.49. The summed E-state index contributed by atoms with van der Waals surface area (Å²) in [5, 5.41) is 4.49. The number of hydrogen-bond acceptors (Lipinski definition) is 4. The molecule has 4 nitrogen and oxygen atoms in total. The summed E-state index contributed by atoms with van der Waals surface area (Å²) in [5.74, 6) is 0. The Bertz CT molecular complexity index is 2350. The first kappa shape index (κ1) is 33.9. The standard InChI is InChI=1S/C27H17N2O.C17H20N.Ir/c1-17-11-12-20(19-7-4-6-18-13-15-28-16-23(18)19)27-25(17)22-9-5-8-21(26(22)30-27)24-10-2-3-14-29-24;1-13-5-8-15(9-6-13)16-10-7-14(12-18-16)11-17(2,3)4;/h2-7,9-16H,1H3;5-8,10,12H,11H2,1-4H3;/q2*-1;. The average molecular weight is 816 g/mol. The molecule has 0 atom stereocenters. The van der Waals surface area contributed by atoms with Crippen LogP contribution in [0.4, 0.5) is 0 Å². The minimum atomic E-state index is 0. The van der Waals surface area contributed by atoms with Crippen molar-refractivity contribution < 1.29 is 24.5 Å². The van der Waals surface area contributed by atoms with Crippen LogP contribution in [0.3, 0.4) is 0 Å². The fourth-order valence-electron chi connectivity index (χ4n) is 6.23. The molecule has 0 amide bonds. The molecule has 0 saturated heterocycles. The van der Waals surface area contributed by atoms with Crippen LogP contribution in [0.25, 0.3) is 66.4 Å². The van der Waals surface area contributed by atoms with Crippen molar-refractivity contribution in [3.63, 3.8) is 0 Å². The molecule has 0 aliphatic carbocycles. The number of fused-ring (bicyclic) bond motifs is 4. The van der Waals surface area contributed by atoms with Gasteiger partial charge in [-0.05, 0) is 64.4 Å². The molecular formula is C44H37IrN3O-2. The molecule has 0 fully saturated rings. The van der Waals surface area contributed by atoms with E-state index >= 15 is 0 Å². The third kappa shape index (κ3) is 7.24. The van der Waals surface area contributed by atoms with Crippen LogP contribution < -0.4 is 0 Å². The van der Waals surface area contributed by atoms with Crippen molar-refractivity contribution in [2.75, 3.05) is 0 Å². The number of nitrogens with zero attached hydrogens (tertiary/aromatic N) is 3. The summed E-state index contributed by atoms with van der Waals surface area (Å²) in [6.07, 6.45) is 8.58. The molecule has 0 bridgehead atoms. The van der Waals surface area contributed by atoms with E-state index < -0.39 is 0 Å². The zero-order chi connectivity index (χ0) is 33.3. The first-order valence-electron chi connectivity index (χ1n) is 16.3. The van der Waals surface area contributed by atoms with Crippen molar-refractivity contribution in [3.05, 3.63) is 151 Å². The van der Waals surface area contributed by atoms with Gasteiger partial charge in [-0.1, -0.05) is 93.2 Å². The Morgan fingerprint density at radius 1 is 0.694 bits per heavy atom. The molecule has 0 unspecified atom stereocenters. The maximum Gasteiger partial charge on any atom is 0.129 e. The van der Waals surface area contributed by atoms with E-state index in [1.807, 2.05) is 55.0 Å². The number of aromatic nitrogens is 3. The molecule has 0 N–H and O–H groups in total. The van der Waals surface area contributed by atoms with E-state index in [2.05, 4.69) is 122 Å². The Morgan fingerprint density at radius 3 is 2.31 bits per heavy atom. The van der Waals surface area contributed by atoms with Crippen LogP contribution in [0, 0.1) is 31.4 Å². The maximum atomic E-state index is 6.56. The van der Waals surface area contributed by atoms with Gasteiger partial charge in [-0.15, -0.1) is 53.6 Å². The smallest absolute Gasteiger partial charge is 0.129 e. The van der Waals surface area contributed by atoms with Gasteiger partial charge in [0, 0.05) is 61.2 Å². The first-order chi connectivity index (χ1) is 23.2. The molecule has 0 saturated carbocycles. The molecule has 4 heterocycles. The van der Waals surface area contributed by atoms with E-state index in [-0.39, 0.29) is 20.1 Å². The first-order valence-corrected chi connectivity index (χ1v) is 16.3. The molecule has 0 aliphatic rings. The monoisotopic (exact) mass is 816 g/mol. The van der Waals surface area contributed by atoms with Gasteiger partial charge in [-0.3, -0.25) is 4.98 Å². The molecule has 8 rings (SSSR count). The molecule has 245 valence electrons. The molecular weight excluding hydrogens is 779 g/mol. The number of aryl methyl sites for hydroxylation is 2. The summed E-state index contributed by atoms with van der Waals surface area (Å²) < 4.78 is 6.56. The van der Waals surface area contributed by atoms with Crippen LogP contribution in [-0.2, 0) is 26.5 Å². The fraction of sp³-hybridized carbons (Fsp3) is 0.159. The second kappa shape index (κ2) is 14.3. The van der Waals surface area contributed by atoms with Gasteiger partial charge >= 0.3 is 0 Å². The molecule has 4 aromatic heterocycles. The Morgan fingerprint density at radius 2 is 1.57 bits per heavy atom. The summed E-state index contributed by atoms with van der Waals surface area (Å²) in [7, 11) is 0. The van der Waals surface area contributed by atoms with Crippen LogP contribution in [-0.4, -0.2) is 15.0 Å². The van der Waals surface area contributed by atoms with E-state index in [0.717, 1.165) is 72.8 Å². The zero-order valence-corrected chi connectivity index (χ0v) is 30.7. The molecule has 8 aromatic rings. The van der Waals surface area contributed by atoms with Crippen molar-refractivity contribution in [3.8, 4) is 33.6 Å². The molecule has 0 aliphatic heterocycles. The van der Waals surface area contributed by atoms with Crippen molar-refractivity contribution in [2.24, 2.45) is 5.41 Å².